The highest BCUT2D eigenvalue weighted by atomic mass is 31.2. The quantitative estimate of drug-likeness (QED) is 0.0204. The normalized spacial score (nSPS) is 17.3. The van der Waals surface area contributed by atoms with E-state index in [0.717, 1.165) is 51.4 Å². The summed E-state index contributed by atoms with van der Waals surface area (Å²) >= 11 is 0. The molecule has 3 N–H and O–H groups in total. The van der Waals surface area contributed by atoms with Gasteiger partial charge in [-0.25, -0.2) is 4.57 Å². The molecule has 10 nitrogen and oxygen atoms in total. The number of esters is 2. The smallest absolute Gasteiger partial charge is 0.462 e. The van der Waals surface area contributed by atoms with Crippen molar-refractivity contribution in [2.75, 3.05) is 26.4 Å². The monoisotopic (exact) mass is 760 g/mol. The SMILES string of the molecule is CCCCC/C=C\CC1OC1CCCCCCCC(=O)OC[C@H](COP(=O)(O)OCCN)OC(=O)CCCCCCCCCCCCCCCCC. The molecule has 1 saturated heterocycles. The molecule has 1 aliphatic heterocycles. The summed E-state index contributed by atoms with van der Waals surface area (Å²) in [6.07, 6.45) is 35.4. The third-order valence-corrected chi connectivity index (χ3v) is 10.6. The molecular formula is C41H78NO9P. The van der Waals surface area contributed by atoms with Crippen molar-refractivity contribution in [3.63, 3.8) is 0 Å². The van der Waals surface area contributed by atoms with Crippen LogP contribution in [0.15, 0.2) is 12.2 Å². The first-order chi connectivity index (χ1) is 25.3. The van der Waals surface area contributed by atoms with Crippen molar-refractivity contribution in [3.05, 3.63) is 12.2 Å². The van der Waals surface area contributed by atoms with Crippen LogP contribution in [-0.2, 0) is 37.4 Å². The van der Waals surface area contributed by atoms with Gasteiger partial charge in [-0.3, -0.25) is 18.6 Å². The Morgan fingerprint density at radius 1 is 0.673 bits per heavy atom. The van der Waals surface area contributed by atoms with E-state index in [1.807, 2.05) is 0 Å². The van der Waals surface area contributed by atoms with E-state index in [1.54, 1.807) is 0 Å². The van der Waals surface area contributed by atoms with Gasteiger partial charge in [-0.1, -0.05) is 154 Å². The van der Waals surface area contributed by atoms with Crippen molar-refractivity contribution in [2.45, 2.75) is 212 Å². The molecule has 0 aliphatic carbocycles. The van der Waals surface area contributed by atoms with Gasteiger partial charge >= 0.3 is 19.8 Å². The lowest BCUT2D eigenvalue weighted by Crippen LogP contribution is -2.29. The summed E-state index contributed by atoms with van der Waals surface area (Å²) in [6, 6.07) is 0. The van der Waals surface area contributed by atoms with Crippen LogP contribution in [0.1, 0.15) is 194 Å². The zero-order valence-corrected chi connectivity index (χ0v) is 34.1. The molecule has 1 fully saturated rings. The summed E-state index contributed by atoms with van der Waals surface area (Å²) < 4.78 is 38.6. The highest BCUT2D eigenvalue weighted by molar-refractivity contribution is 7.47. The number of phosphoric ester groups is 1. The molecule has 1 heterocycles. The number of ether oxygens (including phenoxy) is 3. The third kappa shape index (κ3) is 31.1. The van der Waals surface area contributed by atoms with Crippen molar-refractivity contribution >= 4 is 19.8 Å². The fraction of sp³-hybridized carbons (Fsp3) is 0.902. The van der Waals surface area contributed by atoms with Gasteiger partial charge in [-0.05, 0) is 38.5 Å². The number of epoxide rings is 1. The molecule has 1 rings (SSSR count). The second-order valence-corrected chi connectivity index (χ2v) is 16.1. The van der Waals surface area contributed by atoms with Crippen LogP contribution in [-0.4, -0.2) is 61.5 Å². The van der Waals surface area contributed by atoms with E-state index in [1.165, 1.54) is 103 Å². The first-order valence-electron chi connectivity index (χ1n) is 21.3. The van der Waals surface area contributed by atoms with E-state index in [9.17, 15) is 19.0 Å². The standard InChI is InChI=1S/C41H78NO9P/c1-3-5-7-9-11-12-13-14-15-16-17-18-19-23-28-32-41(44)50-37(36-49-52(45,46)48-34-33-42)35-47-40(43)31-27-24-20-22-26-30-39-38(51-39)29-25-21-10-8-6-4-2/h21,25,37-39H,3-20,22-24,26-36,42H2,1-2H3,(H,45,46)/b25-21-/t37-,38?,39?/m1/s1. The van der Waals surface area contributed by atoms with Crippen LogP contribution in [0.2, 0.25) is 0 Å². The molecule has 0 saturated carbocycles. The van der Waals surface area contributed by atoms with Gasteiger partial charge in [0.25, 0.3) is 0 Å². The molecule has 306 valence electrons. The van der Waals surface area contributed by atoms with Crippen molar-refractivity contribution < 1.29 is 42.3 Å². The minimum absolute atomic E-state index is 0.0513. The Bertz CT molecular complexity index is 934. The number of nitrogens with two attached hydrogens (primary N) is 1. The zero-order valence-electron chi connectivity index (χ0n) is 33.3. The fourth-order valence-corrected chi connectivity index (χ4v) is 7.05. The minimum Gasteiger partial charge on any atom is -0.462 e. The van der Waals surface area contributed by atoms with Crippen LogP contribution in [0.3, 0.4) is 0 Å². The zero-order chi connectivity index (χ0) is 38.0. The van der Waals surface area contributed by atoms with E-state index >= 15 is 0 Å². The molecule has 0 aromatic rings. The van der Waals surface area contributed by atoms with Crippen molar-refractivity contribution in [2.24, 2.45) is 5.73 Å². The average molecular weight is 760 g/mol. The molecule has 0 amide bonds. The van der Waals surface area contributed by atoms with Crippen molar-refractivity contribution in [1.82, 2.24) is 0 Å². The molecule has 1 aliphatic rings. The summed E-state index contributed by atoms with van der Waals surface area (Å²) in [5, 5.41) is 0. The second-order valence-electron chi connectivity index (χ2n) is 14.6. The third-order valence-electron chi connectivity index (χ3n) is 9.58. The number of rotatable bonds is 39. The van der Waals surface area contributed by atoms with Crippen LogP contribution in [0, 0.1) is 0 Å². The van der Waals surface area contributed by atoms with Crippen LogP contribution >= 0.6 is 7.82 Å². The molecule has 0 aromatic heterocycles. The molecular weight excluding hydrogens is 681 g/mol. The number of allylic oxidation sites excluding steroid dienone is 1. The van der Waals surface area contributed by atoms with Crippen molar-refractivity contribution in [1.29, 1.82) is 0 Å². The molecule has 3 unspecified atom stereocenters. The molecule has 4 atom stereocenters. The summed E-state index contributed by atoms with van der Waals surface area (Å²) in [7, 11) is -4.38. The Morgan fingerprint density at radius 3 is 1.77 bits per heavy atom. The predicted octanol–water partition coefficient (Wildman–Crippen LogP) is 10.8. The number of hydrogen-bond donors (Lipinski definition) is 2. The minimum atomic E-state index is -4.38. The van der Waals surface area contributed by atoms with Gasteiger partial charge in [0.05, 0.1) is 25.4 Å². The number of hydrogen-bond acceptors (Lipinski definition) is 9. The summed E-state index contributed by atoms with van der Waals surface area (Å²) in [5.74, 6) is -0.844. The fourth-order valence-electron chi connectivity index (χ4n) is 6.29. The Balaban J connectivity index is 2.18. The number of carbonyl (C=O) groups is 2. The van der Waals surface area contributed by atoms with Gasteiger partial charge in [-0.15, -0.1) is 0 Å². The number of phosphoric acid groups is 1. The first-order valence-corrected chi connectivity index (χ1v) is 22.8. The van der Waals surface area contributed by atoms with E-state index in [4.69, 9.17) is 29.0 Å². The van der Waals surface area contributed by atoms with E-state index < -0.39 is 32.5 Å². The highest BCUT2D eigenvalue weighted by Gasteiger charge is 2.36. The van der Waals surface area contributed by atoms with Crippen LogP contribution in [0.4, 0.5) is 0 Å². The topological polar surface area (TPSA) is 147 Å². The maximum atomic E-state index is 12.6. The molecule has 0 bridgehead atoms. The van der Waals surface area contributed by atoms with Crippen molar-refractivity contribution in [3.8, 4) is 0 Å². The van der Waals surface area contributed by atoms with Gasteiger partial charge in [0, 0.05) is 19.4 Å². The van der Waals surface area contributed by atoms with Crippen LogP contribution < -0.4 is 5.73 Å². The van der Waals surface area contributed by atoms with Gasteiger partial charge < -0.3 is 24.8 Å². The molecule has 0 aromatic carbocycles. The average Bonchev–Trinajstić information content (AvgIpc) is 3.89. The largest absolute Gasteiger partial charge is 0.472 e. The lowest BCUT2D eigenvalue weighted by molar-refractivity contribution is -0.161. The lowest BCUT2D eigenvalue weighted by Gasteiger charge is -2.19. The Labute approximate surface area is 317 Å². The van der Waals surface area contributed by atoms with E-state index in [2.05, 4.69) is 26.0 Å². The maximum Gasteiger partial charge on any atom is 0.472 e. The van der Waals surface area contributed by atoms with Gasteiger partial charge in [-0.2, -0.15) is 0 Å². The summed E-state index contributed by atoms with van der Waals surface area (Å²) in [6.45, 7) is 3.69. The van der Waals surface area contributed by atoms with Gasteiger partial charge in [0.15, 0.2) is 6.10 Å². The van der Waals surface area contributed by atoms with E-state index in [-0.39, 0.29) is 32.6 Å². The Kier molecular flexibility index (Phi) is 32.1. The number of unbranched alkanes of at least 4 members (excludes halogenated alkanes) is 21. The van der Waals surface area contributed by atoms with Crippen LogP contribution in [0.25, 0.3) is 0 Å². The second kappa shape index (κ2) is 34.2. The highest BCUT2D eigenvalue weighted by Crippen LogP contribution is 2.43. The van der Waals surface area contributed by atoms with Crippen LogP contribution in [0.5, 0.6) is 0 Å². The summed E-state index contributed by atoms with van der Waals surface area (Å²) in [5.41, 5.74) is 5.34. The Hall–Kier alpha value is -1.29. The van der Waals surface area contributed by atoms with Gasteiger partial charge in [0.2, 0.25) is 0 Å². The number of carbonyl (C=O) groups excluding carboxylic acids is 2. The molecule has 0 spiro atoms. The first kappa shape index (κ1) is 48.7. The van der Waals surface area contributed by atoms with Gasteiger partial charge in [0.1, 0.15) is 6.61 Å². The Morgan fingerprint density at radius 2 is 1.19 bits per heavy atom. The predicted molar refractivity (Wildman–Crippen MR) is 210 cm³/mol. The molecule has 0 radical (unpaired) electrons. The molecule has 11 heteroatoms. The summed E-state index contributed by atoms with van der Waals surface area (Å²) in [4.78, 5) is 34.9. The molecule has 52 heavy (non-hydrogen) atoms. The van der Waals surface area contributed by atoms with E-state index in [0.29, 0.717) is 25.0 Å². The lowest BCUT2D eigenvalue weighted by atomic mass is 10.0. The maximum absolute atomic E-state index is 12.6.